The van der Waals surface area contributed by atoms with Crippen molar-refractivity contribution in [3.63, 3.8) is 0 Å². The van der Waals surface area contributed by atoms with Gasteiger partial charge in [0.1, 0.15) is 0 Å². The molecule has 1 saturated carbocycles. The minimum atomic E-state index is 0.387. The third-order valence-electron chi connectivity index (χ3n) is 6.52. The van der Waals surface area contributed by atoms with E-state index in [1.165, 1.54) is 77.7 Å². The smallest absolute Gasteiger partial charge is 0.0144 e. The second-order valence-corrected chi connectivity index (χ2v) is 8.18. The Labute approximate surface area is 147 Å². The maximum Gasteiger partial charge on any atom is 0.0144 e. The molecule has 0 aromatic heterocycles. The molecule has 1 heterocycles. The molecule has 1 saturated heterocycles. The van der Waals surface area contributed by atoms with Crippen LogP contribution in [0.2, 0.25) is 0 Å². The number of allylic oxidation sites excluding steroid dienone is 2. The fraction of sp³-hybridized carbons (Fsp3) is 0.636. The summed E-state index contributed by atoms with van der Waals surface area (Å²) in [5.74, 6) is 0. The van der Waals surface area contributed by atoms with E-state index < -0.39 is 0 Å². The van der Waals surface area contributed by atoms with E-state index in [0.29, 0.717) is 5.41 Å². The van der Waals surface area contributed by atoms with E-state index in [9.17, 15) is 0 Å². The Hall–Kier alpha value is -1.12. The average molecular weight is 325 g/mol. The topological polar surface area (TPSA) is 6.48 Å². The lowest BCUT2D eigenvalue weighted by molar-refractivity contribution is 0.153. The van der Waals surface area contributed by atoms with Crippen molar-refractivity contribution in [3.8, 4) is 0 Å². The Balaban J connectivity index is 1.42. The first-order valence-electron chi connectivity index (χ1n) is 9.99. The summed E-state index contributed by atoms with van der Waals surface area (Å²) < 4.78 is 0. The van der Waals surface area contributed by atoms with Crippen LogP contribution in [0.4, 0.5) is 0 Å². The summed E-state index contributed by atoms with van der Waals surface area (Å²) in [5, 5.41) is 0. The molecular weight excluding hydrogens is 292 g/mol. The highest BCUT2D eigenvalue weighted by Gasteiger charge is 2.38. The van der Waals surface area contributed by atoms with Gasteiger partial charge in [-0.1, -0.05) is 49.6 Å². The normalized spacial score (nSPS) is 24.1. The zero-order valence-corrected chi connectivity index (χ0v) is 15.3. The molecule has 1 aliphatic heterocycles. The van der Waals surface area contributed by atoms with Crippen LogP contribution in [0.5, 0.6) is 0 Å². The molecule has 1 spiro atoms. The van der Waals surface area contributed by atoms with E-state index in [1.807, 2.05) is 0 Å². The fourth-order valence-corrected chi connectivity index (χ4v) is 5.05. The van der Waals surface area contributed by atoms with Gasteiger partial charge in [0.2, 0.25) is 0 Å². The molecule has 0 unspecified atom stereocenters. The molecule has 24 heavy (non-hydrogen) atoms. The standard InChI is InChI=1S/C22H32N2/c1-23-14-16-24(17-15-23)13-7-8-19-18-22(11-5-2-6-12-22)21-10-4-3-9-20(19)21/h3-4,9-10,18H,2,5-8,11-17H2,1H3. The van der Waals surface area contributed by atoms with Crippen molar-refractivity contribution >= 4 is 5.57 Å². The Morgan fingerprint density at radius 1 is 0.958 bits per heavy atom. The van der Waals surface area contributed by atoms with Gasteiger partial charge in [0.25, 0.3) is 0 Å². The van der Waals surface area contributed by atoms with Gasteiger partial charge in [-0.05, 0) is 56.0 Å². The number of likely N-dealkylation sites (N-methyl/N-ethyl adjacent to an activating group) is 1. The Morgan fingerprint density at radius 3 is 2.50 bits per heavy atom. The molecule has 0 N–H and O–H groups in total. The van der Waals surface area contributed by atoms with Crippen molar-refractivity contribution < 1.29 is 0 Å². The first-order chi connectivity index (χ1) is 11.8. The van der Waals surface area contributed by atoms with Crippen LogP contribution in [-0.4, -0.2) is 49.6 Å². The van der Waals surface area contributed by atoms with Crippen molar-refractivity contribution in [1.29, 1.82) is 0 Å². The van der Waals surface area contributed by atoms with Crippen LogP contribution in [-0.2, 0) is 5.41 Å². The summed E-state index contributed by atoms with van der Waals surface area (Å²) in [6.45, 7) is 6.22. The molecule has 1 aromatic carbocycles. The summed E-state index contributed by atoms with van der Waals surface area (Å²) in [4.78, 5) is 5.09. The Bertz CT molecular complexity index is 590. The van der Waals surface area contributed by atoms with Crippen LogP contribution in [0.1, 0.15) is 56.1 Å². The largest absolute Gasteiger partial charge is 0.304 e. The lowest BCUT2D eigenvalue weighted by Gasteiger charge is -2.33. The summed E-state index contributed by atoms with van der Waals surface area (Å²) in [5.41, 5.74) is 5.23. The van der Waals surface area contributed by atoms with Gasteiger partial charge in [0.05, 0.1) is 0 Å². The minimum Gasteiger partial charge on any atom is -0.304 e. The highest BCUT2D eigenvalue weighted by atomic mass is 15.2. The number of rotatable bonds is 4. The highest BCUT2D eigenvalue weighted by molar-refractivity contribution is 5.76. The summed E-state index contributed by atoms with van der Waals surface area (Å²) in [6.07, 6.45) is 12.2. The number of hydrogen-bond donors (Lipinski definition) is 0. The number of benzene rings is 1. The van der Waals surface area contributed by atoms with Gasteiger partial charge in [-0.2, -0.15) is 0 Å². The quantitative estimate of drug-likeness (QED) is 0.814. The maximum atomic E-state index is 2.68. The highest BCUT2D eigenvalue weighted by Crippen LogP contribution is 2.50. The number of piperazine rings is 1. The maximum absolute atomic E-state index is 2.68. The summed E-state index contributed by atoms with van der Waals surface area (Å²) in [7, 11) is 2.24. The molecule has 2 heteroatoms. The molecule has 4 rings (SSSR count). The van der Waals surface area contributed by atoms with Gasteiger partial charge in [-0.15, -0.1) is 0 Å². The van der Waals surface area contributed by atoms with Gasteiger partial charge in [0.15, 0.2) is 0 Å². The third-order valence-corrected chi connectivity index (χ3v) is 6.52. The molecule has 3 aliphatic rings. The fourth-order valence-electron chi connectivity index (χ4n) is 5.05. The molecule has 0 radical (unpaired) electrons. The van der Waals surface area contributed by atoms with Gasteiger partial charge >= 0.3 is 0 Å². The molecule has 0 bridgehead atoms. The second kappa shape index (κ2) is 7.01. The number of hydrogen-bond acceptors (Lipinski definition) is 2. The van der Waals surface area contributed by atoms with Crippen molar-refractivity contribution in [2.24, 2.45) is 0 Å². The minimum absolute atomic E-state index is 0.387. The summed E-state index contributed by atoms with van der Waals surface area (Å²) in [6, 6.07) is 9.26. The molecule has 1 aromatic rings. The lowest BCUT2D eigenvalue weighted by Crippen LogP contribution is -2.44. The molecule has 130 valence electrons. The predicted octanol–water partition coefficient (Wildman–Crippen LogP) is 4.31. The Morgan fingerprint density at radius 2 is 1.71 bits per heavy atom. The second-order valence-electron chi connectivity index (χ2n) is 8.18. The van der Waals surface area contributed by atoms with Crippen molar-refractivity contribution in [1.82, 2.24) is 9.80 Å². The number of nitrogens with zero attached hydrogens (tertiary/aromatic N) is 2. The van der Waals surface area contributed by atoms with E-state index >= 15 is 0 Å². The van der Waals surface area contributed by atoms with E-state index in [4.69, 9.17) is 0 Å². The molecule has 2 nitrogen and oxygen atoms in total. The van der Waals surface area contributed by atoms with Crippen molar-refractivity contribution in [2.75, 3.05) is 39.8 Å². The van der Waals surface area contributed by atoms with E-state index in [0.717, 1.165) is 0 Å². The van der Waals surface area contributed by atoms with E-state index in [-0.39, 0.29) is 0 Å². The monoisotopic (exact) mass is 324 g/mol. The zero-order valence-electron chi connectivity index (χ0n) is 15.3. The van der Waals surface area contributed by atoms with Gasteiger partial charge in [0, 0.05) is 31.6 Å². The van der Waals surface area contributed by atoms with Gasteiger partial charge in [-0.3, -0.25) is 0 Å². The molecule has 2 fully saturated rings. The van der Waals surface area contributed by atoms with Crippen LogP contribution in [0, 0.1) is 0 Å². The summed E-state index contributed by atoms with van der Waals surface area (Å²) >= 11 is 0. The predicted molar refractivity (Wildman–Crippen MR) is 102 cm³/mol. The van der Waals surface area contributed by atoms with Crippen LogP contribution in [0.3, 0.4) is 0 Å². The zero-order chi connectivity index (χ0) is 16.4. The molecule has 2 aliphatic carbocycles. The third kappa shape index (κ3) is 3.19. The molecular formula is C22H32N2. The molecule has 0 amide bonds. The molecule has 0 atom stereocenters. The average Bonchev–Trinajstić information content (AvgIpc) is 2.91. The lowest BCUT2D eigenvalue weighted by atomic mass is 9.71. The van der Waals surface area contributed by atoms with E-state index in [2.05, 4.69) is 47.2 Å². The van der Waals surface area contributed by atoms with Crippen LogP contribution in [0.15, 0.2) is 30.3 Å². The number of fused-ring (bicyclic) bond motifs is 2. The Kier molecular flexibility index (Phi) is 4.78. The van der Waals surface area contributed by atoms with E-state index in [1.54, 1.807) is 16.7 Å². The SMILES string of the molecule is CN1CCN(CCCC2=CC3(CCCCC3)c3ccccc32)CC1. The van der Waals surface area contributed by atoms with Crippen molar-refractivity contribution in [3.05, 3.63) is 41.5 Å². The van der Waals surface area contributed by atoms with Gasteiger partial charge < -0.3 is 9.80 Å². The first-order valence-corrected chi connectivity index (χ1v) is 9.99. The van der Waals surface area contributed by atoms with Crippen LogP contribution < -0.4 is 0 Å². The first kappa shape index (κ1) is 16.4. The van der Waals surface area contributed by atoms with Crippen LogP contribution in [0.25, 0.3) is 5.57 Å². The van der Waals surface area contributed by atoms with Crippen molar-refractivity contribution in [2.45, 2.75) is 50.4 Å². The van der Waals surface area contributed by atoms with Gasteiger partial charge in [-0.25, -0.2) is 0 Å². The van der Waals surface area contributed by atoms with Crippen LogP contribution >= 0.6 is 0 Å².